The van der Waals surface area contributed by atoms with Crippen LogP contribution in [-0.4, -0.2) is 25.2 Å². The van der Waals surface area contributed by atoms with E-state index in [-0.39, 0.29) is 12.1 Å². The van der Waals surface area contributed by atoms with Crippen LogP contribution in [0.1, 0.15) is 42.6 Å². The quantitative estimate of drug-likeness (QED) is 0.644. The van der Waals surface area contributed by atoms with E-state index in [9.17, 15) is 4.79 Å². The van der Waals surface area contributed by atoms with Gasteiger partial charge in [-0.3, -0.25) is 0 Å². The first kappa shape index (κ1) is 18.3. The number of rotatable bonds is 5. The molecule has 0 bridgehead atoms. The molecule has 0 spiro atoms. The van der Waals surface area contributed by atoms with Crippen LogP contribution in [0.4, 0.5) is 11.4 Å². The molecule has 0 atom stereocenters. The third-order valence-electron chi connectivity index (χ3n) is 4.93. The van der Waals surface area contributed by atoms with Gasteiger partial charge in [0.25, 0.3) is 0 Å². The molecular formula is C22H28N2O2. The second kappa shape index (κ2) is 8.26. The number of benzene rings is 2. The van der Waals surface area contributed by atoms with Crippen molar-refractivity contribution < 1.29 is 9.53 Å². The van der Waals surface area contributed by atoms with Crippen molar-refractivity contribution in [3.63, 3.8) is 0 Å². The predicted molar refractivity (Wildman–Crippen MR) is 106 cm³/mol. The van der Waals surface area contributed by atoms with Gasteiger partial charge in [-0.05, 0) is 62.8 Å². The van der Waals surface area contributed by atoms with Crippen molar-refractivity contribution in [2.75, 3.05) is 23.7 Å². The van der Waals surface area contributed by atoms with E-state index in [1.165, 1.54) is 5.56 Å². The van der Waals surface area contributed by atoms with E-state index in [1.54, 1.807) is 6.07 Å². The number of nitrogens with zero attached hydrogens (tertiary/aromatic N) is 1. The molecule has 4 nitrogen and oxygen atoms in total. The van der Waals surface area contributed by atoms with Gasteiger partial charge in [-0.15, -0.1) is 0 Å². The van der Waals surface area contributed by atoms with Crippen LogP contribution in [-0.2, 0) is 11.2 Å². The topological polar surface area (TPSA) is 55.6 Å². The Morgan fingerprint density at radius 3 is 2.46 bits per heavy atom. The molecular weight excluding hydrogens is 324 g/mol. The van der Waals surface area contributed by atoms with Crippen molar-refractivity contribution in [3.8, 4) is 0 Å². The number of esters is 1. The summed E-state index contributed by atoms with van der Waals surface area (Å²) in [6.45, 7) is 5.68. The summed E-state index contributed by atoms with van der Waals surface area (Å²) in [4.78, 5) is 14.3. The number of nitrogens with two attached hydrogens (primary N) is 1. The van der Waals surface area contributed by atoms with Crippen LogP contribution in [0.2, 0.25) is 0 Å². The van der Waals surface area contributed by atoms with Crippen LogP contribution in [0.5, 0.6) is 0 Å². The van der Waals surface area contributed by atoms with Crippen molar-refractivity contribution in [2.24, 2.45) is 5.92 Å². The molecule has 1 heterocycles. The zero-order chi connectivity index (χ0) is 18.5. The van der Waals surface area contributed by atoms with E-state index in [0.29, 0.717) is 11.3 Å². The number of nitrogen functional groups attached to an aromatic ring is 1. The van der Waals surface area contributed by atoms with Gasteiger partial charge >= 0.3 is 5.97 Å². The number of hydrogen-bond acceptors (Lipinski definition) is 4. The van der Waals surface area contributed by atoms with Crippen LogP contribution < -0.4 is 10.6 Å². The summed E-state index contributed by atoms with van der Waals surface area (Å²) in [5.74, 6) is 0.398. The molecule has 3 rings (SSSR count). The molecule has 0 unspecified atom stereocenters. The van der Waals surface area contributed by atoms with E-state index in [4.69, 9.17) is 10.5 Å². The fourth-order valence-corrected chi connectivity index (χ4v) is 3.58. The highest BCUT2D eigenvalue weighted by Crippen LogP contribution is 2.30. The predicted octanol–water partition coefficient (Wildman–Crippen LogP) is 4.29. The maximum absolute atomic E-state index is 12.0. The van der Waals surface area contributed by atoms with E-state index < -0.39 is 0 Å². The molecule has 2 N–H and O–H groups in total. The number of ether oxygens (including phenoxy) is 1. The lowest BCUT2D eigenvalue weighted by atomic mass is 9.90. The number of carbonyl (C=O) groups is 1. The Bertz CT molecular complexity index is 735. The van der Waals surface area contributed by atoms with Gasteiger partial charge in [0, 0.05) is 13.1 Å². The first-order valence-electron chi connectivity index (χ1n) is 9.42. The summed E-state index contributed by atoms with van der Waals surface area (Å²) in [6.07, 6.45) is 3.33. The van der Waals surface area contributed by atoms with Crippen LogP contribution in [0.15, 0.2) is 48.5 Å². The highest BCUT2D eigenvalue weighted by molar-refractivity contribution is 5.92. The Labute approximate surface area is 156 Å². The van der Waals surface area contributed by atoms with Crippen molar-refractivity contribution in [1.82, 2.24) is 0 Å². The normalized spacial score (nSPS) is 15.3. The molecule has 0 aromatic heterocycles. The average Bonchev–Trinajstić information content (AvgIpc) is 2.63. The van der Waals surface area contributed by atoms with Crippen LogP contribution >= 0.6 is 0 Å². The lowest BCUT2D eigenvalue weighted by Crippen LogP contribution is -2.34. The van der Waals surface area contributed by atoms with Crippen LogP contribution in [0.25, 0.3) is 0 Å². The Hall–Kier alpha value is -2.49. The summed E-state index contributed by atoms with van der Waals surface area (Å²) < 4.78 is 5.24. The van der Waals surface area contributed by atoms with Gasteiger partial charge in [0.05, 0.1) is 23.0 Å². The monoisotopic (exact) mass is 352 g/mol. The van der Waals surface area contributed by atoms with Crippen molar-refractivity contribution in [3.05, 3.63) is 59.7 Å². The minimum Gasteiger partial charge on any atom is -0.459 e. The van der Waals surface area contributed by atoms with Gasteiger partial charge < -0.3 is 15.4 Å². The molecule has 4 heteroatoms. The maximum atomic E-state index is 12.0. The molecule has 1 fully saturated rings. The Kier molecular flexibility index (Phi) is 5.82. The van der Waals surface area contributed by atoms with Crippen LogP contribution in [0.3, 0.4) is 0 Å². The van der Waals surface area contributed by atoms with Gasteiger partial charge in [0.15, 0.2) is 0 Å². The lowest BCUT2D eigenvalue weighted by molar-refractivity contribution is 0.0378. The number of piperidine rings is 1. The SMILES string of the molecule is CC(C)OC(=O)c1ccc(N2CCC(Cc3ccccc3)CC2)c(N)c1. The highest BCUT2D eigenvalue weighted by atomic mass is 16.5. The second-order valence-corrected chi connectivity index (χ2v) is 7.35. The molecule has 2 aromatic rings. The van der Waals surface area contributed by atoms with Crippen molar-refractivity contribution >= 4 is 17.3 Å². The molecule has 1 saturated heterocycles. The second-order valence-electron chi connectivity index (χ2n) is 7.35. The lowest BCUT2D eigenvalue weighted by Gasteiger charge is -2.34. The summed E-state index contributed by atoms with van der Waals surface area (Å²) in [6, 6.07) is 16.2. The van der Waals surface area contributed by atoms with Gasteiger partial charge in [-0.25, -0.2) is 4.79 Å². The minimum absolute atomic E-state index is 0.132. The summed E-state index contributed by atoms with van der Waals surface area (Å²) in [5.41, 5.74) is 9.82. The molecule has 0 amide bonds. The summed E-state index contributed by atoms with van der Waals surface area (Å²) >= 11 is 0. The zero-order valence-electron chi connectivity index (χ0n) is 15.7. The Balaban J connectivity index is 1.60. The molecule has 0 radical (unpaired) electrons. The van der Waals surface area contributed by atoms with Gasteiger partial charge in [-0.2, -0.15) is 0 Å². The van der Waals surface area contributed by atoms with Gasteiger partial charge in [-0.1, -0.05) is 30.3 Å². The number of hydrogen-bond donors (Lipinski definition) is 1. The maximum Gasteiger partial charge on any atom is 0.338 e. The first-order valence-corrected chi connectivity index (χ1v) is 9.42. The fraction of sp³-hybridized carbons (Fsp3) is 0.409. The zero-order valence-corrected chi connectivity index (χ0v) is 15.7. The Morgan fingerprint density at radius 1 is 1.15 bits per heavy atom. The van der Waals surface area contributed by atoms with Crippen LogP contribution in [0, 0.1) is 5.92 Å². The van der Waals surface area contributed by atoms with E-state index in [0.717, 1.165) is 44.0 Å². The minimum atomic E-state index is -0.320. The smallest absolute Gasteiger partial charge is 0.338 e. The largest absolute Gasteiger partial charge is 0.459 e. The molecule has 1 aliphatic heterocycles. The highest BCUT2D eigenvalue weighted by Gasteiger charge is 2.21. The number of carbonyl (C=O) groups excluding carboxylic acids is 1. The third kappa shape index (κ3) is 4.57. The molecule has 26 heavy (non-hydrogen) atoms. The van der Waals surface area contributed by atoms with E-state index in [2.05, 4.69) is 35.2 Å². The van der Waals surface area contributed by atoms with E-state index in [1.807, 2.05) is 26.0 Å². The van der Waals surface area contributed by atoms with Crippen molar-refractivity contribution in [2.45, 2.75) is 39.2 Å². The number of anilines is 2. The summed E-state index contributed by atoms with van der Waals surface area (Å²) in [7, 11) is 0. The summed E-state index contributed by atoms with van der Waals surface area (Å²) in [5, 5.41) is 0. The molecule has 2 aromatic carbocycles. The first-order chi connectivity index (χ1) is 12.5. The van der Waals surface area contributed by atoms with Crippen molar-refractivity contribution in [1.29, 1.82) is 0 Å². The molecule has 0 saturated carbocycles. The molecule has 0 aliphatic carbocycles. The molecule has 1 aliphatic rings. The van der Waals surface area contributed by atoms with Gasteiger partial charge in [0.1, 0.15) is 0 Å². The third-order valence-corrected chi connectivity index (χ3v) is 4.93. The van der Waals surface area contributed by atoms with Gasteiger partial charge in [0.2, 0.25) is 0 Å². The average molecular weight is 352 g/mol. The standard InChI is InChI=1S/C22H28N2O2/c1-16(2)26-22(25)19-8-9-21(20(23)15-19)24-12-10-18(11-13-24)14-17-6-4-3-5-7-17/h3-9,15-16,18H,10-14,23H2,1-2H3. The molecule has 138 valence electrons. The van der Waals surface area contributed by atoms with E-state index >= 15 is 0 Å². The fourth-order valence-electron chi connectivity index (χ4n) is 3.58. The Morgan fingerprint density at radius 2 is 1.85 bits per heavy atom.